The van der Waals surface area contributed by atoms with Gasteiger partial charge >= 0.3 is 0 Å². The highest BCUT2D eigenvalue weighted by molar-refractivity contribution is 4.77. The predicted octanol–water partition coefficient (Wildman–Crippen LogP) is 1.80. The average molecular weight is 171 g/mol. The molecule has 2 heteroatoms. The number of nitrogens with one attached hydrogen (secondary N) is 1. The molecule has 1 heterocycles. The summed E-state index contributed by atoms with van der Waals surface area (Å²) in [4.78, 5) is 0. The van der Waals surface area contributed by atoms with Crippen LogP contribution in [0, 0.1) is 5.92 Å². The molecule has 0 aromatic rings. The van der Waals surface area contributed by atoms with Crippen LogP contribution in [0.1, 0.15) is 34.1 Å². The molecule has 0 amide bonds. The molecule has 0 spiro atoms. The van der Waals surface area contributed by atoms with Gasteiger partial charge < -0.3 is 10.1 Å². The smallest absolute Gasteiger partial charge is 0.0632 e. The Morgan fingerprint density at radius 1 is 1.33 bits per heavy atom. The molecule has 0 radical (unpaired) electrons. The van der Waals surface area contributed by atoms with E-state index in [0.717, 1.165) is 19.5 Å². The van der Waals surface area contributed by atoms with E-state index in [1.54, 1.807) is 0 Å². The molecule has 0 aromatic carbocycles. The van der Waals surface area contributed by atoms with Gasteiger partial charge in [0.1, 0.15) is 0 Å². The minimum Gasteiger partial charge on any atom is -0.372 e. The van der Waals surface area contributed by atoms with E-state index in [4.69, 9.17) is 4.74 Å². The van der Waals surface area contributed by atoms with Gasteiger partial charge in [0.15, 0.2) is 0 Å². The molecule has 1 aliphatic heterocycles. The monoisotopic (exact) mass is 171 g/mol. The van der Waals surface area contributed by atoms with Gasteiger partial charge in [0.25, 0.3) is 0 Å². The minimum absolute atomic E-state index is 0.0102. The first-order chi connectivity index (χ1) is 5.49. The van der Waals surface area contributed by atoms with Crippen LogP contribution in [0.3, 0.4) is 0 Å². The molecule has 2 atom stereocenters. The van der Waals surface area contributed by atoms with Crippen molar-refractivity contribution in [2.75, 3.05) is 13.1 Å². The van der Waals surface area contributed by atoms with Crippen molar-refractivity contribution in [1.82, 2.24) is 5.32 Å². The Balaban J connectivity index is 2.39. The van der Waals surface area contributed by atoms with Crippen LogP contribution in [0.15, 0.2) is 0 Å². The van der Waals surface area contributed by atoms with Crippen LogP contribution in [0.5, 0.6) is 0 Å². The Hall–Kier alpha value is -0.0800. The SMILES string of the molecule is CC1CNCCC1OC(C)(C)C. The fourth-order valence-electron chi connectivity index (χ4n) is 1.62. The molecule has 1 N–H and O–H groups in total. The van der Waals surface area contributed by atoms with Crippen LogP contribution >= 0.6 is 0 Å². The Morgan fingerprint density at radius 3 is 2.50 bits per heavy atom. The van der Waals surface area contributed by atoms with Crippen molar-refractivity contribution < 1.29 is 4.74 Å². The molecule has 0 saturated carbocycles. The first-order valence-corrected chi connectivity index (χ1v) is 4.87. The van der Waals surface area contributed by atoms with Gasteiger partial charge in [-0.1, -0.05) is 6.92 Å². The average Bonchev–Trinajstić information content (AvgIpc) is 1.91. The van der Waals surface area contributed by atoms with Gasteiger partial charge in [-0.05, 0) is 39.7 Å². The molecular weight excluding hydrogens is 150 g/mol. The molecular formula is C10H21NO. The fourth-order valence-corrected chi connectivity index (χ4v) is 1.62. The van der Waals surface area contributed by atoms with Gasteiger partial charge in [0, 0.05) is 6.54 Å². The third-order valence-corrected chi connectivity index (χ3v) is 2.21. The second-order valence-electron chi connectivity index (χ2n) is 4.74. The van der Waals surface area contributed by atoms with Crippen molar-refractivity contribution in [2.24, 2.45) is 5.92 Å². The van der Waals surface area contributed by atoms with Crippen LogP contribution < -0.4 is 5.32 Å². The standard InChI is InChI=1S/C10H21NO/c1-8-7-11-6-5-9(8)12-10(2,3)4/h8-9,11H,5-7H2,1-4H3. The lowest BCUT2D eigenvalue weighted by molar-refractivity contribution is -0.0909. The van der Waals surface area contributed by atoms with Crippen molar-refractivity contribution in [3.63, 3.8) is 0 Å². The summed E-state index contributed by atoms with van der Waals surface area (Å²) in [5, 5.41) is 3.37. The van der Waals surface area contributed by atoms with Gasteiger partial charge in [-0.3, -0.25) is 0 Å². The van der Waals surface area contributed by atoms with Gasteiger partial charge in [-0.2, -0.15) is 0 Å². The normalized spacial score (nSPS) is 32.0. The molecule has 0 aromatic heterocycles. The van der Waals surface area contributed by atoms with E-state index in [-0.39, 0.29) is 5.60 Å². The molecule has 72 valence electrons. The highest BCUT2D eigenvalue weighted by atomic mass is 16.5. The van der Waals surface area contributed by atoms with Crippen molar-refractivity contribution in [1.29, 1.82) is 0 Å². The van der Waals surface area contributed by atoms with Crippen molar-refractivity contribution in [2.45, 2.75) is 45.8 Å². The van der Waals surface area contributed by atoms with E-state index >= 15 is 0 Å². The van der Waals surface area contributed by atoms with E-state index in [0.29, 0.717) is 12.0 Å². The molecule has 1 rings (SSSR count). The van der Waals surface area contributed by atoms with E-state index in [9.17, 15) is 0 Å². The molecule has 1 aliphatic rings. The Kier molecular flexibility index (Phi) is 3.13. The Morgan fingerprint density at radius 2 is 2.00 bits per heavy atom. The lowest BCUT2D eigenvalue weighted by atomic mass is 9.97. The van der Waals surface area contributed by atoms with E-state index in [2.05, 4.69) is 33.0 Å². The maximum atomic E-state index is 5.95. The molecule has 2 unspecified atom stereocenters. The lowest BCUT2D eigenvalue weighted by Crippen LogP contribution is -2.43. The second-order valence-corrected chi connectivity index (χ2v) is 4.74. The Labute approximate surface area is 75.7 Å². The van der Waals surface area contributed by atoms with Gasteiger partial charge in [-0.15, -0.1) is 0 Å². The molecule has 12 heavy (non-hydrogen) atoms. The fraction of sp³-hybridized carbons (Fsp3) is 1.00. The summed E-state index contributed by atoms with van der Waals surface area (Å²) in [6, 6.07) is 0. The summed E-state index contributed by atoms with van der Waals surface area (Å²) in [6.45, 7) is 10.8. The van der Waals surface area contributed by atoms with Gasteiger partial charge in [0.05, 0.1) is 11.7 Å². The number of ether oxygens (including phenoxy) is 1. The van der Waals surface area contributed by atoms with E-state index in [1.165, 1.54) is 0 Å². The van der Waals surface area contributed by atoms with Crippen LogP contribution in [0.25, 0.3) is 0 Å². The van der Waals surface area contributed by atoms with Crippen LogP contribution in [-0.4, -0.2) is 24.8 Å². The molecule has 1 saturated heterocycles. The summed E-state index contributed by atoms with van der Waals surface area (Å²) in [5.41, 5.74) is 0.0102. The zero-order valence-corrected chi connectivity index (χ0v) is 8.68. The zero-order chi connectivity index (χ0) is 9.19. The van der Waals surface area contributed by atoms with Gasteiger partial charge in [0.2, 0.25) is 0 Å². The predicted molar refractivity (Wildman–Crippen MR) is 51.3 cm³/mol. The van der Waals surface area contributed by atoms with E-state index < -0.39 is 0 Å². The van der Waals surface area contributed by atoms with Crippen molar-refractivity contribution in [3.8, 4) is 0 Å². The van der Waals surface area contributed by atoms with Crippen LogP contribution in [0.4, 0.5) is 0 Å². The zero-order valence-electron chi connectivity index (χ0n) is 8.68. The summed E-state index contributed by atoms with van der Waals surface area (Å²) >= 11 is 0. The molecule has 1 fully saturated rings. The topological polar surface area (TPSA) is 21.3 Å². The summed E-state index contributed by atoms with van der Waals surface area (Å²) in [5.74, 6) is 0.651. The number of hydrogen-bond acceptors (Lipinski definition) is 2. The minimum atomic E-state index is 0.0102. The third kappa shape index (κ3) is 3.11. The highest BCUT2D eigenvalue weighted by Crippen LogP contribution is 2.20. The first-order valence-electron chi connectivity index (χ1n) is 4.87. The second kappa shape index (κ2) is 3.75. The Bertz CT molecular complexity index is 139. The first kappa shape index (κ1) is 10.0. The molecule has 0 aliphatic carbocycles. The third-order valence-electron chi connectivity index (χ3n) is 2.21. The van der Waals surface area contributed by atoms with Crippen LogP contribution in [-0.2, 0) is 4.74 Å². The van der Waals surface area contributed by atoms with Crippen LogP contribution in [0.2, 0.25) is 0 Å². The lowest BCUT2D eigenvalue weighted by Gasteiger charge is -2.34. The quantitative estimate of drug-likeness (QED) is 0.649. The number of rotatable bonds is 1. The summed E-state index contributed by atoms with van der Waals surface area (Å²) < 4.78 is 5.95. The van der Waals surface area contributed by atoms with Crippen molar-refractivity contribution >= 4 is 0 Å². The summed E-state index contributed by atoms with van der Waals surface area (Å²) in [7, 11) is 0. The van der Waals surface area contributed by atoms with Gasteiger partial charge in [-0.25, -0.2) is 0 Å². The summed E-state index contributed by atoms with van der Waals surface area (Å²) in [6.07, 6.45) is 1.60. The maximum absolute atomic E-state index is 5.95. The number of piperidine rings is 1. The maximum Gasteiger partial charge on any atom is 0.0632 e. The molecule has 0 bridgehead atoms. The molecule has 2 nitrogen and oxygen atoms in total. The highest BCUT2D eigenvalue weighted by Gasteiger charge is 2.25. The number of hydrogen-bond donors (Lipinski definition) is 1. The van der Waals surface area contributed by atoms with E-state index in [1.807, 2.05) is 0 Å². The largest absolute Gasteiger partial charge is 0.372 e. The van der Waals surface area contributed by atoms with Crippen molar-refractivity contribution in [3.05, 3.63) is 0 Å².